The first-order valence-corrected chi connectivity index (χ1v) is 6.30. The first kappa shape index (κ1) is 14.6. The topological polar surface area (TPSA) is 41.7 Å². The Hall–Kier alpha value is -1.42. The Morgan fingerprint density at radius 3 is 2.44 bits per heavy atom. The minimum atomic E-state index is 0.569. The maximum absolute atomic E-state index is 5.81. The minimum absolute atomic E-state index is 0.569. The molecule has 4 heteroatoms. The van der Waals surface area contributed by atoms with Crippen LogP contribution in [0.3, 0.4) is 0 Å². The van der Waals surface area contributed by atoms with Gasteiger partial charge in [0.2, 0.25) is 0 Å². The lowest BCUT2D eigenvalue weighted by Gasteiger charge is -2.26. The molecule has 0 amide bonds. The van der Waals surface area contributed by atoms with Gasteiger partial charge in [0.05, 0.1) is 12.8 Å². The molecule has 0 radical (unpaired) electrons. The molecule has 0 aliphatic carbocycles. The molecule has 0 fully saturated rings. The number of anilines is 2. The summed E-state index contributed by atoms with van der Waals surface area (Å²) in [5, 5.41) is 0. The number of rotatable bonds is 6. The summed E-state index contributed by atoms with van der Waals surface area (Å²) in [6.45, 7) is 6.40. The van der Waals surface area contributed by atoms with Gasteiger partial charge in [-0.3, -0.25) is 0 Å². The van der Waals surface area contributed by atoms with E-state index in [1.54, 1.807) is 7.11 Å². The van der Waals surface area contributed by atoms with Crippen LogP contribution in [0.4, 0.5) is 11.4 Å². The lowest BCUT2D eigenvalue weighted by Crippen LogP contribution is -2.34. The molecule has 0 saturated carbocycles. The fourth-order valence-electron chi connectivity index (χ4n) is 1.63. The highest BCUT2D eigenvalue weighted by Gasteiger charge is 2.08. The molecule has 0 heterocycles. The molecule has 0 aliphatic heterocycles. The van der Waals surface area contributed by atoms with Gasteiger partial charge in [0.15, 0.2) is 0 Å². The highest BCUT2D eigenvalue weighted by atomic mass is 16.5. The Balaban J connectivity index is 2.64. The smallest absolute Gasteiger partial charge is 0.143 e. The van der Waals surface area contributed by atoms with Crippen LogP contribution in [0.2, 0.25) is 0 Å². The maximum atomic E-state index is 5.81. The Morgan fingerprint density at radius 2 is 1.89 bits per heavy atom. The Morgan fingerprint density at radius 1 is 1.22 bits per heavy atom. The predicted molar refractivity (Wildman–Crippen MR) is 78.4 cm³/mol. The largest absolute Gasteiger partial charge is 0.495 e. The van der Waals surface area contributed by atoms with E-state index in [0.717, 1.165) is 24.5 Å². The molecule has 0 aromatic heterocycles. The molecule has 0 saturated heterocycles. The lowest BCUT2D eigenvalue weighted by atomic mass is 10.2. The fraction of sp³-hybridized carbons (Fsp3) is 0.571. The molecule has 1 aromatic carbocycles. The Labute approximate surface area is 110 Å². The zero-order valence-corrected chi connectivity index (χ0v) is 12.1. The van der Waals surface area contributed by atoms with Crippen molar-refractivity contribution in [3.63, 3.8) is 0 Å². The van der Waals surface area contributed by atoms with Crippen LogP contribution in [0.15, 0.2) is 18.2 Å². The summed E-state index contributed by atoms with van der Waals surface area (Å²) in [6.07, 6.45) is 0. The van der Waals surface area contributed by atoms with Crippen LogP contribution in [0, 0.1) is 0 Å². The Bertz CT molecular complexity index is 379. The summed E-state index contributed by atoms with van der Waals surface area (Å²) in [4.78, 5) is 4.53. The number of hydrogen-bond acceptors (Lipinski definition) is 4. The van der Waals surface area contributed by atoms with Crippen LogP contribution >= 0.6 is 0 Å². The van der Waals surface area contributed by atoms with E-state index in [0.29, 0.717) is 11.7 Å². The number of hydrogen-bond donors (Lipinski definition) is 1. The van der Waals surface area contributed by atoms with Gasteiger partial charge in [-0.05, 0) is 33.0 Å². The number of methoxy groups -OCH3 is 1. The van der Waals surface area contributed by atoms with Crippen LogP contribution in [0.5, 0.6) is 5.75 Å². The molecule has 1 rings (SSSR count). The van der Waals surface area contributed by atoms with Crippen molar-refractivity contribution in [1.29, 1.82) is 0 Å². The molecule has 18 heavy (non-hydrogen) atoms. The zero-order valence-electron chi connectivity index (χ0n) is 12.1. The number of nitrogen functional groups attached to an aromatic ring is 1. The normalized spacial score (nSPS) is 11.1. The van der Waals surface area contributed by atoms with Crippen molar-refractivity contribution >= 4 is 11.4 Å². The number of likely N-dealkylation sites (N-methyl/N-ethyl adjacent to an activating group) is 2. The van der Waals surface area contributed by atoms with E-state index in [-0.39, 0.29) is 0 Å². The van der Waals surface area contributed by atoms with E-state index in [1.165, 1.54) is 0 Å². The Kier molecular flexibility index (Phi) is 5.28. The SMILES string of the molecule is COc1cc(N(C)CCN(C)C(C)C)ccc1N. The van der Waals surface area contributed by atoms with Gasteiger partial charge in [-0.2, -0.15) is 0 Å². The average Bonchev–Trinajstić information content (AvgIpc) is 2.35. The zero-order chi connectivity index (χ0) is 13.7. The molecule has 0 unspecified atom stereocenters. The third-order valence-electron chi connectivity index (χ3n) is 3.33. The molecule has 102 valence electrons. The maximum Gasteiger partial charge on any atom is 0.143 e. The summed E-state index contributed by atoms with van der Waals surface area (Å²) in [5.41, 5.74) is 7.61. The molecule has 0 atom stereocenters. The van der Waals surface area contributed by atoms with E-state index in [2.05, 4.69) is 37.7 Å². The van der Waals surface area contributed by atoms with Crippen LogP contribution in [0.25, 0.3) is 0 Å². The van der Waals surface area contributed by atoms with Crippen LogP contribution < -0.4 is 15.4 Å². The van der Waals surface area contributed by atoms with Crippen molar-refractivity contribution in [1.82, 2.24) is 4.90 Å². The number of nitrogens with zero attached hydrogens (tertiary/aromatic N) is 2. The summed E-state index contributed by atoms with van der Waals surface area (Å²) >= 11 is 0. The molecule has 4 nitrogen and oxygen atoms in total. The van der Waals surface area contributed by atoms with Crippen LogP contribution in [-0.4, -0.2) is 45.2 Å². The predicted octanol–water partition coefficient (Wildman–Crippen LogP) is 2.05. The second kappa shape index (κ2) is 6.50. The number of nitrogens with two attached hydrogens (primary N) is 1. The summed E-state index contributed by atoms with van der Waals surface area (Å²) in [5.74, 6) is 0.733. The van der Waals surface area contributed by atoms with Gasteiger partial charge in [-0.15, -0.1) is 0 Å². The van der Waals surface area contributed by atoms with Crippen molar-refractivity contribution in [3.8, 4) is 5.75 Å². The lowest BCUT2D eigenvalue weighted by molar-refractivity contribution is 0.280. The highest BCUT2D eigenvalue weighted by molar-refractivity contribution is 5.62. The quantitative estimate of drug-likeness (QED) is 0.786. The molecule has 1 aromatic rings. The molecule has 0 aliphatic rings. The summed E-state index contributed by atoms with van der Waals surface area (Å²) < 4.78 is 5.24. The first-order valence-electron chi connectivity index (χ1n) is 6.30. The van der Waals surface area contributed by atoms with Gasteiger partial charge in [0.25, 0.3) is 0 Å². The second-order valence-electron chi connectivity index (χ2n) is 4.92. The number of benzene rings is 1. The van der Waals surface area contributed by atoms with Gasteiger partial charge in [0, 0.05) is 37.9 Å². The summed E-state index contributed by atoms with van der Waals surface area (Å²) in [7, 11) is 5.86. The van der Waals surface area contributed by atoms with Crippen molar-refractivity contribution in [2.45, 2.75) is 19.9 Å². The van der Waals surface area contributed by atoms with E-state index in [4.69, 9.17) is 10.5 Å². The van der Waals surface area contributed by atoms with Gasteiger partial charge in [-0.25, -0.2) is 0 Å². The van der Waals surface area contributed by atoms with Crippen LogP contribution in [-0.2, 0) is 0 Å². The fourth-order valence-corrected chi connectivity index (χ4v) is 1.63. The van der Waals surface area contributed by atoms with Crippen molar-refractivity contribution in [3.05, 3.63) is 18.2 Å². The third kappa shape index (κ3) is 3.81. The molecule has 2 N–H and O–H groups in total. The second-order valence-corrected chi connectivity index (χ2v) is 4.92. The van der Waals surface area contributed by atoms with E-state index in [1.807, 2.05) is 18.2 Å². The number of ether oxygens (including phenoxy) is 1. The van der Waals surface area contributed by atoms with Gasteiger partial charge >= 0.3 is 0 Å². The molecular formula is C14H25N3O. The average molecular weight is 251 g/mol. The van der Waals surface area contributed by atoms with Crippen molar-refractivity contribution in [2.75, 3.05) is 44.9 Å². The van der Waals surface area contributed by atoms with E-state index < -0.39 is 0 Å². The molecular weight excluding hydrogens is 226 g/mol. The monoisotopic (exact) mass is 251 g/mol. The molecule has 0 spiro atoms. The van der Waals surface area contributed by atoms with Gasteiger partial charge in [-0.1, -0.05) is 0 Å². The standard InChI is InChI=1S/C14H25N3O/c1-11(2)16(3)8-9-17(4)12-6-7-13(15)14(10-12)18-5/h6-7,10-11H,8-9,15H2,1-5H3. The van der Waals surface area contributed by atoms with Crippen molar-refractivity contribution < 1.29 is 4.74 Å². The third-order valence-corrected chi connectivity index (χ3v) is 3.33. The first-order chi connectivity index (χ1) is 8.45. The van der Waals surface area contributed by atoms with Crippen LogP contribution in [0.1, 0.15) is 13.8 Å². The van der Waals surface area contributed by atoms with Gasteiger partial charge in [0.1, 0.15) is 5.75 Å². The van der Waals surface area contributed by atoms with Gasteiger partial charge < -0.3 is 20.3 Å². The minimum Gasteiger partial charge on any atom is -0.495 e. The van der Waals surface area contributed by atoms with Crippen molar-refractivity contribution in [2.24, 2.45) is 0 Å². The molecule has 0 bridgehead atoms. The highest BCUT2D eigenvalue weighted by Crippen LogP contribution is 2.26. The van der Waals surface area contributed by atoms with E-state index in [9.17, 15) is 0 Å². The summed E-state index contributed by atoms with van der Waals surface area (Å²) in [6, 6.07) is 6.45. The van der Waals surface area contributed by atoms with E-state index >= 15 is 0 Å².